The lowest BCUT2D eigenvalue weighted by Crippen LogP contribution is -2.14. The van der Waals surface area contributed by atoms with Crippen LogP contribution in [0.15, 0.2) is 73.3 Å². The van der Waals surface area contributed by atoms with Crippen LogP contribution in [0.25, 0.3) is 55.7 Å². The van der Waals surface area contributed by atoms with Gasteiger partial charge in [-0.05, 0) is 55.6 Å². The van der Waals surface area contributed by atoms with Crippen molar-refractivity contribution in [1.82, 2.24) is 35.0 Å². The summed E-state index contributed by atoms with van der Waals surface area (Å²) in [5.41, 5.74) is 7.24. The van der Waals surface area contributed by atoms with Gasteiger partial charge in [0.2, 0.25) is 0 Å². The summed E-state index contributed by atoms with van der Waals surface area (Å²) in [4.78, 5) is 17.4. The zero-order valence-corrected chi connectivity index (χ0v) is 19.3. The van der Waals surface area contributed by atoms with E-state index in [4.69, 9.17) is 4.98 Å². The molecular formula is C27H21F2N7. The summed E-state index contributed by atoms with van der Waals surface area (Å²) in [5.74, 6) is -1.81. The van der Waals surface area contributed by atoms with Gasteiger partial charge in [-0.3, -0.25) is 14.6 Å². The largest absolute Gasteiger partial charge is 0.353 e. The second-order valence-corrected chi connectivity index (χ2v) is 8.46. The maximum atomic E-state index is 14.1. The molecule has 1 aromatic carbocycles. The predicted octanol–water partition coefficient (Wildman–Crippen LogP) is 5.20. The van der Waals surface area contributed by atoms with Crippen LogP contribution in [0.5, 0.6) is 0 Å². The minimum absolute atomic E-state index is 0.504. The summed E-state index contributed by atoms with van der Waals surface area (Å²) in [6.45, 7) is 1.58. The quantitative estimate of drug-likeness (QED) is 0.342. The highest BCUT2D eigenvalue weighted by Crippen LogP contribution is 2.37. The van der Waals surface area contributed by atoms with Crippen LogP contribution in [0.3, 0.4) is 0 Å². The fourth-order valence-corrected chi connectivity index (χ4v) is 4.30. The van der Waals surface area contributed by atoms with Gasteiger partial charge in [-0.1, -0.05) is 0 Å². The SMILES string of the molecule is CNCCn1cc(-c2cnc3ccc(-c4c(-c5ccc(F)c(F)c5)[nH]c5cccnc45)nc3c2)cn1. The van der Waals surface area contributed by atoms with Crippen molar-refractivity contribution in [2.45, 2.75) is 6.54 Å². The number of halogens is 2. The molecule has 0 fully saturated rings. The Bertz CT molecular complexity index is 1720. The first-order chi connectivity index (χ1) is 17.6. The second-order valence-electron chi connectivity index (χ2n) is 8.46. The molecule has 0 aliphatic carbocycles. The molecule has 5 aromatic heterocycles. The molecule has 0 saturated heterocycles. The Balaban J connectivity index is 1.48. The summed E-state index contributed by atoms with van der Waals surface area (Å²) in [6.07, 6.45) is 7.30. The van der Waals surface area contributed by atoms with Crippen molar-refractivity contribution >= 4 is 22.1 Å². The highest BCUT2D eigenvalue weighted by molar-refractivity contribution is 6.01. The smallest absolute Gasteiger partial charge is 0.159 e. The molecule has 0 amide bonds. The van der Waals surface area contributed by atoms with Gasteiger partial charge in [0.05, 0.1) is 51.8 Å². The van der Waals surface area contributed by atoms with Gasteiger partial charge < -0.3 is 10.3 Å². The van der Waals surface area contributed by atoms with Crippen LogP contribution in [0.2, 0.25) is 0 Å². The molecule has 0 saturated carbocycles. The third-order valence-electron chi connectivity index (χ3n) is 6.11. The van der Waals surface area contributed by atoms with Crippen LogP contribution < -0.4 is 5.32 Å². The maximum Gasteiger partial charge on any atom is 0.159 e. The van der Waals surface area contributed by atoms with Crippen molar-refractivity contribution in [3.63, 3.8) is 0 Å². The first-order valence-electron chi connectivity index (χ1n) is 11.5. The summed E-state index contributed by atoms with van der Waals surface area (Å²) >= 11 is 0. The van der Waals surface area contributed by atoms with E-state index in [2.05, 4.69) is 25.4 Å². The third-order valence-corrected chi connectivity index (χ3v) is 6.11. The average molecular weight is 482 g/mol. The van der Waals surface area contributed by atoms with Crippen molar-refractivity contribution in [3.05, 3.63) is 85.0 Å². The van der Waals surface area contributed by atoms with Gasteiger partial charge in [0.1, 0.15) is 0 Å². The highest BCUT2D eigenvalue weighted by atomic mass is 19.2. The number of nitrogens with one attached hydrogen (secondary N) is 2. The molecule has 0 aliphatic rings. The van der Waals surface area contributed by atoms with E-state index in [0.29, 0.717) is 33.5 Å². The Morgan fingerprint density at radius 3 is 2.69 bits per heavy atom. The van der Waals surface area contributed by atoms with Crippen molar-refractivity contribution in [2.24, 2.45) is 0 Å². The van der Waals surface area contributed by atoms with Crippen LogP contribution >= 0.6 is 0 Å². The molecule has 178 valence electrons. The molecule has 0 radical (unpaired) electrons. The molecule has 0 atom stereocenters. The lowest BCUT2D eigenvalue weighted by atomic mass is 10.0. The van der Waals surface area contributed by atoms with E-state index in [-0.39, 0.29) is 0 Å². The zero-order chi connectivity index (χ0) is 24.6. The molecule has 2 N–H and O–H groups in total. The fourth-order valence-electron chi connectivity index (χ4n) is 4.30. The number of aromatic amines is 1. The molecule has 0 spiro atoms. The van der Waals surface area contributed by atoms with Gasteiger partial charge in [0, 0.05) is 41.8 Å². The van der Waals surface area contributed by atoms with E-state index in [1.165, 1.54) is 6.07 Å². The van der Waals surface area contributed by atoms with Crippen LogP contribution in [-0.2, 0) is 6.54 Å². The molecule has 9 heteroatoms. The van der Waals surface area contributed by atoms with Gasteiger partial charge in [-0.25, -0.2) is 13.8 Å². The van der Waals surface area contributed by atoms with Gasteiger partial charge >= 0.3 is 0 Å². The van der Waals surface area contributed by atoms with E-state index >= 15 is 0 Å². The van der Waals surface area contributed by atoms with E-state index < -0.39 is 11.6 Å². The predicted molar refractivity (Wildman–Crippen MR) is 135 cm³/mol. The Morgan fingerprint density at radius 1 is 0.917 bits per heavy atom. The lowest BCUT2D eigenvalue weighted by Gasteiger charge is -2.07. The van der Waals surface area contributed by atoms with E-state index in [0.717, 1.165) is 41.3 Å². The van der Waals surface area contributed by atoms with Gasteiger partial charge in [0.15, 0.2) is 11.6 Å². The molecule has 0 unspecified atom stereocenters. The van der Waals surface area contributed by atoms with Crippen LogP contribution in [-0.4, -0.2) is 43.3 Å². The monoisotopic (exact) mass is 481 g/mol. The van der Waals surface area contributed by atoms with Gasteiger partial charge in [0.25, 0.3) is 0 Å². The van der Waals surface area contributed by atoms with Crippen molar-refractivity contribution in [3.8, 4) is 33.6 Å². The normalized spacial score (nSPS) is 11.5. The van der Waals surface area contributed by atoms with E-state index in [1.54, 1.807) is 12.3 Å². The lowest BCUT2D eigenvalue weighted by molar-refractivity contribution is 0.509. The Labute approximate surface area is 204 Å². The standard InChI is InChI=1S/C27H21F2N7/c1-30-9-10-36-15-18(14-33-36)17-12-24-21(32-13-17)6-7-22(34-24)25-26(16-4-5-19(28)20(29)11-16)35-23-3-2-8-31-27(23)25/h2-8,11-15,30,35H,9-10H2,1H3. The highest BCUT2D eigenvalue weighted by Gasteiger charge is 2.19. The third kappa shape index (κ3) is 3.89. The molecule has 0 bridgehead atoms. The minimum Gasteiger partial charge on any atom is -0.353 e. The average Bonchev–Trinajstić information content (AvgIpc) is 3.53. The maximum absolute atomic E-state index is 14.1. The Kier molecular flexibility index (Phi) is 5.46. The number of benzene rings is 1. The number of H-pyrrole nitrogens is 1. The number of aromatic nitrogens is 6. The Morgan fingerprint density at radius 2 is 1.83 bits per heavy atom. The van der Waals surface area contributed by atoms with Gasteiger partial charge in [-0.2, -0.15) is 5.10 Å². The number of hydrogen-bond donors (Lipinski definition) is 2. The summed E-state index contributed by atoms with van der Waals surface area (Å²) < 4.78 is 29.6. The van der Waals surface area contributed by atoms with Crippen molar-refractivity contribution < 1.29 is 8.78 Å². The molecule has 7 nitrogen and oxygen atoms in total. The number of likely N-dealkylation sites (N-methyl/N-ethyl adjacent to an activating group) is 1. The molecule has 0 aliphatic heterocycles. The van der Waals surface area contributed by atoms with Crippen molar-refractivity contribution in [1.29, 1.82) is 0 Å². The van der Waals surface area contributed by atoms with Gasteiger partial charge in [-0.15, -0.1) is 0 Å². The van der Waals surface area contributed by atoms with E-state index in [9.17, 15) is 8.78 Å². The number of fused-ring (bicyclic) bond motifs is 2. The molecule has 6 aromatic rings. The second kappa shape index (κ2) is 8.94. The zero-order valence-electron chi connectivity index (χ0n) is 19.3. The first-order valence-corrected chi connectivity index (χ1v) is 11.5. The molecular weight excluding hydrogens is 460 g/mol. The van der Waals surface area contributed by atoms with E-state index in [1.807, 2.05) is 60.7 Å². The van der Waals surface area contributed by atoms with Crippen LogP contribution in [0, 0.1) is 11.6 Å². The number of nitrogens with zero attached hydrogens (tertiary/aromatic N) is 5. The number of pyridine rings is 3. The first kappa shape index (κ1) is 22.0. The minimum atomic E-state index is -0.916. The van der Waals surface area contributed by atoms with Crippen LogP contribution in [0.4, 0.5) is 8.78 Å². The molecule has 6 rings (SSSR count). The number of hydrogen-bond acceptors (Lipinski definition) is 5. The summed E-state index contributed by atoms with van der Waals surface area (Å²) in [6, 6.07) is 13.3. The topological polar surface area (TPSA) is 84.3 Å². The summed E-state index contributed by atoms with van der Waals surface area (Å²) in [5, 5.41) is 7.53. The molecule has 5 heterocycles. The Hall–Kier alpha value is -4.50. The summed E-state index contributed by atoms with van der Waals surface area (Å²) in [7, 11) is 1.90. The van der Waals surface area contributed by atoms with Crippen LogP contribution in [0.1, 0.15) is 0 Å². The van der Waals surface area contributed by atoms with Crippen molar-refractivity contribution in [2.75, 3.05) is 13.6 Å². The molecule has 36 heavy (non-hydrogen) atoms. The number of rotatable bonds is 6. The fraction of sp³-hybridized carbons (Fsp3) is 0.111.